The van der Waals surface area contributed by atoms with Crippen molar-refractivity contribution in [2.45, 2.75) is 37.5 Å². The average molecular weight is 293 g/mol. The van der Waals surface area contributed by atoms with Crippen molar-refractivity contribution in [1.82, 2.24) is 10.2 Å². The highest BCUT2D eigenvalue weighted by Gasteiger charge is 2.29. The number of alkyl halides is 1. The molecule has 1 aliphatic rings. The van der Waals surface area contributed by atoms with Gasteiger partial charge in [0, 0.05) is 5.92 Å². The molecule has 0 N–H and O–H groups in total. The quantitative estimate of drug-likeness (QED) is 0.762. The second kappa shape index (κ2) is 5.59. The zero-order valence-electron chi connectivity index (χ0n) is 10.9. The van der Waals surface area contributed by atoms with E-state index >= 15 is 0 Å². The molecular weight excluding hydrogens is 276 g/mol. The largest absolute Gasteiger partial charge is 0.143 e. The van der Waals surface area contributed by atoms with Crippen molar-refractivity contribution in [3.63, 3.8) is 0 Å². The monoisotopic (exact) mass is 292 g/mol. The van der Waals surface area contributed by atoms with Crippen LogP contribution in [-0.2, 0) is 0 Å². The lowest BCUT2D eigenvalue weighted by Crippen LogP contribution is -2.00. The Morgan fingerprint density at radius 2 is 2.00 bits per heavy atom. The van der Waals surface area contributed by atoms with Gasteiger partial charge < -0.3 is 0 Å². The number of hydrogen-bond acceptors (Lipinski definition) is 3. The molecule has 3 unspecified atom stereocenters. The van der Waals surface area contributed by atoms with Crippen LogP contribution in [0.25, 0.3) is 0 Å². The fraction of sp³-hybridized carbons (Fsp3) is 0.467. The Kier molecular flexibility index (Phi) is 3.85. The predicted octanol–water partition coefficient (Wildman–Crippen LogP) is 4.77. The summed E-state index contributed by atoms with van der Waals surface area (Å²) in [6, 6.07) is 10.1. The van der Waals surface area contributed by atoms with E-state index < -0.39 is 0 Å². The zero-order chi connectivity index (χ0) is 13.2. The Labute approximate surface area is 122 Å². The van der Waals surface area contributed by atoms with Gasteiger partial charge in [0.15, 0.2) is 0 Å². The molecule has 0 bridgehead atoms. The van der Waals surface area contributed by atoms with Crippen LogP contribution in [-0.4, -0.2) is 10.2 Å². The fourth-order valence-corrected chi connectivity index (χ4v) is 4.22. The van der Waals surface area contributed by atoms with Gasteiger partial charge in [0.05, 0.1) is 0 Å². The first-order chi connectivity index (χ1) is 9.25. The van der Waals surface area contributed by atoms with E-state index in [1.165, 1.54) is 24.3 Å². The van der Waals surface area contributed by atoms with Crippen LogP contribution in [0.2, 0.25) is 0 Å². The van der Waals surface area contributed by atoms with Crippen LogP contribution in [0, 0.1) is 5.92 Å². The molecule has 0 spiro atoms. The van der Waals surface area contributed by atoms with Crippen LogP contribution in [0.15, 0.2) is 30.3 Å². The smallest absolute Gasteiger partial charge is 0.139 e. The number of halogens is 1. The maximum atomic E-state index is 6.50. The van der Waals surface area contributed by atoms with Gasteiger partial charge in [0.25, 0.3) is 0 Å². The van der Waals surface area contributed by atoms with Crippen LogP contribution in [0.3, 0.4) is 0 Å². The molecule has 0 radical (unpaired) electrons. The number of benzene rings is 1. The summed E-state index contributed by atoms with van der Waals surface area (Å²) >= 11 is 8.18. The molecule has 4 heteroatoms. The van der Waals surface area contributed by atoms with Crippen LogP contribution in [0.4, 0.5) is 0 Å². The lowest BCUT2D eigenvalue weighted by atomic mass is 9.99. The van der Waals surface area contributed by atoms with Gasteiger partial charge in [-0.2, -0.15) is 0 Å². The van der Waals surface area contributed by atoms with Crippen LogP contribution in [0.1, 0.15) is 53.1 Å². The molecule has 1 saturated carbocycles. The van der Waals surface area contributed by atoms with Crippen molar-refractivity contribution < 1.29 is 0 Å². The van der Waals surface area contributed by atoms with Gasteiger partial charge in [0.1, 0.15) is 15.4 Å². The molecule has 1 heterocycles. The van der Waals surface area contributed by atoms with E-state index in [0.717, 1.165) is 16.5 Å². The molecule has 2 aromatic rings. The number of rotatable bonds is 3. The minimum atomic E-state index is -0.177. The minimum absolute atomic E-state index is 0.177. The van der Waals surface area contributed by atoms with Crippen LogP contribution >= 0.6 is 22.9 Å². The molecular formula is C15H17ClN2S. The molecule has 2 nitrogen and oxygen atoms in total. The molecule has 1 fully saturated rings. The molecule has 0 aliphatic heterocycles. The van der Waals surface area contributed by atoms with Crippen molar-refractivity contribution >= 4 is 22.9 Å². The SMILES string of the molecule is CC1CCCC1c1nnc(C(Cl)c2ccccc2)s1. The van der Waals surface area contributed by atoms with Crippen molar-refractivity contribution in [3.8, 4) is 0 Å². The highest BCUT2D eigenvalue weighted by molar-refractivity contribution is 7.11. The molecule has 19 heavy (non-hydrogen) atoms. The molecule has 1 aromatic carbocycles. The highest BCUT2D eigenvalue weighted by Crippen LogP contribution is 2.42. The van der Waals surface area contributed by atoms with E-state index in [1.807, 2.05) is 30.3 Å². The van der Waals surface area contributed by atoms with Gasteiger partial charge in [-0.1, -0.05) is 61.4 Å². The summed E-state index contributed by atoms with van der Waals surface area (Å²) in [5.41, 5.74) is 1.09. The summed E-state index contributed by atoms with van der Waals surface area (Å²) in [5.74, 6) is 1.32. The van der Waals surface area contributed by atoms with Crippen molar-refractivity contribution in [1.29, 1.82) is 0 Å². The maximum Gasteiger partial charge on any atom is 0.139 e. The van der Waals surface area contributed by atoms with Gasteiger partial charge in [0.2, 0.25) is 0 Å². The maximum absolute atomic E-state index is 6.50. The summed E-state index contributed by atoms with van der Waals surface area (Å²) in [6.45, 7) is 2.31. The van der Waals surface area contributed by atoms with Crippen molar-refractivity contribution in [2.24, 2.45) is 5.92 Å². The van der Waals surface area contributed by atoms with E-state index in [9.17, 15) is 0 Å². The first-order valence-corrected chi connectivity index (χ1v) is 8.03. The normalized spacial score (nSPS) is 24.5. The molecule has 0 amide bonds. The molecule has 0 saturated heterocycles. The lowest BCUT2D eigenvalue weighted by Gasteiger charge is -2.10. The van der Waals surface area contributed by atoms with Gasteiger partial charge in [-0.25, -0.2) is 0 Å². The standard InChI is InChI=1S/C15H17ClN2S/c1-10-6-5-9-12(10)14-17-18-15(19-14)13(16)11-7-3-2-4-8-11/h2-4,7-8,10,12-13H,5-6,9H2,1H3. The number of nitrogens with zero attached hydrogens (tertiary/aromatic N) is 2. The van der Waals surface area contributed by atoms with Crippen molar-refractivity contribution in [2.75, 3.05) is 0 Å². The van der Waals surface area contributed by atoms with Crippen molar-refractivity contribution in [3.05, 3.63) is 45.9 Å². The highest BCUT2D eigenvalue weighted by atomic mass is 35.5. The molecule has 3 atom stereocenters. The Balaban J connectivity index is 1.81. The first kappa shape index (κ1) is 13.1. The van der Waals surface area contributed by atoms with Crippen LogP contribution < -0.4 is 0 Å². The number of hydrogen-bond donors (Lipinski definition) is 0. The minimum Gasteiger partial charge on any atom is -0.143 e. The second-order valence-corrected chi connectivity index (χ2v) is 6.74. The Morgan fingerprint density at radius 3 is 2.68 bits per heavy atom. The van der Waals surface area contributed by atoms with E-state index in [1.54, 1.807) is 11.3 Å². The summed E-state index contributed by atoms with van der Waals surface area (Å²) in [5, 5.41) is 10.6. The van der Waals surface area contributed by atoms with Crippen LogP contribution in [0.5, 0.6) is 0 Å². The Morgan fingerprint density at radius 1 is 1.21 bits per heavy atom. The average Bonchev–Trinajstić information content (AvgIpc) is 3.07. The topological polar surface area (TPSA) is 25.8 Å². The first-order valence-electron chi connectivity index (χ1n) is 6.78. The third-order valence-electron chi connectivity index (χ3n) is 3.94. The Hall–Kier alpha value is -0.930. The summed E-state index contributed by atoms with van der Waals surface area (Å²) in [7, 11) is 0. The van der Waals surface area contributed by atoms with Gasteiger partial charge in [-0.15, -0.1) is 21.8 Å². The molecule has 3 rings (SSSR count). The summed E-state index contributed by atoms with van der Waals surface area (Å²) in [6.07, 6.45) is 3.86. The van der Waals surface area contributed by atoms with E-state index in [-0.39, 0.29) is 5.38 Å². The third-order valence-corrected chi connectivity index (χ3v) is 5.65. The Bertz CT molecular complexity index is 540. The predicted molar refractivity (Wildman–Crippen MR) is 79.8 cm³/mol. The lowest BCUT2D eigenvalue weighted by molar-refractivity contribution is 0.527. The van der Waals surface area contributed by atoms with E-state index in [0.29, 0.717) is 5.92 Å². The zero-order valence-corrected chi connectivity index (χ0v) is 12.5. The fourth-order valence-electron chi connectivity index (χ4n) is 2.78. The van der Waals surface area contributed by atoms with Gasteiger partial charge >= 0.3 is 0 Å². The number of aromatic nitrogens is 2. The molecule has 100 valence electrons. The third kappa shape index (κ3) is 2.67. The second-order valence-electron chi connectivity index (χ2n) is 5.27. The van der Waals surface area contributed by atoms with Gasteiger partial charge in [-0.05, 0) is 17.9 Å². The summed E-state index contributed by atoms with van der Waals surface area (Å²) in [4.78, 5) is 0. The molecule has 1 aliphatic carbocycles. The summed E-state index contributed by atoms with van der Waals surface area (Å²) < 4.78 is 0. The molecule has 1 aromatic heterocycles. The van der Waals surface area contributed by atoms with E-state index in [2.05, 4.69) is 17.1 Å². The van der Waals surface area contributed by atoms with Gasteiger partial charge in [-0.3, -0.25) is 0 Å². The van der Waals surface area contributed by atoms with E-state index in [4.69, 9.17) is 11.6 Å².